The van der Waals surface area contributed by atoms with E-state index in [4.69, 9.17) is 4.74 Å². The van der Waals surface area contributed by atoms with E-state index in [1.165, 1.54) is 5.56 Å². The summed E-state index contributed by atoms with van der Waals surface area (Å²) < 4.78 is 5.15. The number of piperidine rings is 1. The van der Waals surface area contributed by atoms with Crippen molar-refractivity contribution >= 4 is 11.9 Å². The summed E-state index contributed by atoms with van der Waals surface area (Å²) in [4.78, 5) is 18.4. The molecule has 0 spiro atoms. The van der Waals surface area contributed by atoms with Gasteiger partial charge in [0, 0.05) is 38.8 Å². The summed E-state index contributed by atoms with van der Waals surface area (Å²) >= 11 is 0. The van der Waals surface area contributed by atoms with Crippen molar-refractivity contribution in [3.8, 4) is 0 Å². The van der Waals surface area contributed by atoms with Gasteiger partial charge in [-0.05, 0) is 39.2 Å². The normalized spacial score (nSPS) is 21.1. The number of benzene rings is 1. The number of carbonyl (C=O) groups is 1. The van der Waals surface area contributed by atoms with Gasteiger partial charge in [0.05, 0.1) is 12.5 Å². The fraction of sp³-hybridized carbons (Fsp3) is 0.619. The van der Waals surface area contributed by atoms with E-state index in [9.17, 15) is 4.79 Å². The molecule has 0 aromatic heterocycles. The van der Waals surface area contributed by atoms with Gasteiger partial charge in [-0.1, -0.05) is 30.3 Å². The first kappa shape index (κ1) is 21.2. The zero-order valence-electron chi connectivity index (χ0n) is 17.1. The van der Waals surface area contributed by atoms with Crippen molar-refractivity contribution in [3.63, 3.8) is 0 Å². The van der Waals surface area contributed by atoms with Gasteiger partial charge in [-0.2, -0.15) is 0 Å². The monoisotopic (exact) mass is 374 g/mol. The highest BCUT2D eigenvalue weighted by Crippen LogP contribution is 2.19. The lowest BCUT2D eigenvalue weighted by molar-refractivity contribution is -0.147. The summed E-state index contributed by atoms with van der Waals surface area (Å²) in [5.74, 6) is 0.567. The van der Waals surface area contributed by atoms with Crippen LogP contribution in [0.3, 0.4) is 0 Å². The Bertz CT molecular complexity index is 603. The Morgan fingerprint density at radius 1 is 1.33 bits per heavy atom. The molecule has 1 aromatic carbocycles. The average molecular weight is 375 g/mol. The molecule has 0 aliphatic carbocycles. The second-order valence-corrected chi connectivity index (χ2v) is 7.46. The van der Waals surface area contributed by atoms with E-state index < -0.39 is 0 Å². The SMILES string of the molecule is CN=C(NCCC(=O)OC(C)C)NC1CCN(Cc2ccccc2)C(C)C1. The van der Waals surface area contributed by atoms with Gasteiger partial charge in [0.15, 0.2) is 5.96 Å². The number of ether oxygens (including phenoxy) is 1. The van der Waals surface area contributed by atoms with Crippen molar-refractivity contribution in [1.29, 1.82) is 0 Å². The number of hydrogen-bond acceptors (Lipinski definition) is 4. The molecule has 6 nitrogen and oxygen atoms in total. The van der Waals surface area contributed by atoms with E-state index in [2.05, 4.69) is 57.8 Å². The molecule has 6 heteroatoms. The number of esters is 1. The van der Waals surface area contributed by atoms with E-state index >= 15 is 0 Å². The number of rotatable bonds is 7. The quantitative estimate of drug-likeness (QED) is 0.436. The molecule has 1 aliphatic heterocycles. The zero-order valence-corrected chi connectivity index (χ0v) is 17.1. The van der Waals surface area contributed by atoms with Crippen molar-refractivity contribution in [2.24, 2.45) is 4.99 Å². The van der Waals surface area contributed by atoms with Crippen LogP contribution in [0, 0.1) is 0 Å². The highest BCUT2D eigenvalue weighted by atomic mass is 16.5. The number of aliphatic imine (C=N–C) groups is 1. The van der Waals surface area contributed by atoms with Crippen LogP contribution in [-0.4, -0.2) is 55.2 Å². The minimum atomic E-state index is -0.184. The van der Waals surface area contributed by atoms with Crippen LogP contribution in [0.1, 0.15) is 45.6 Å². The molecule has 2 N–H and O–H groups in total. The van der Waals surface area contributed by atoms with Crippen LogP contribution in [0.2, 0.25) is 0 Å². The third kappa shape index (κ3) is 7.59. The van der Waals surface area contributed by atoms with E-state index in [0.29, 0.717) is 25.0 Å². The zero-order chi connectivity index (χ0) is 19.6. The molecule has 1 aromatic rings. The Morgan fingerprint density at radius 3 is 2.70 bits per heavy atom. The van der Waals surface area contributed by atoms with Crippen LogP contribution in [0.25, 0.3) is 0 Å². The number of carbonyl (C=O) groups excluding carboxylic acids is 1. The van der Waals surface area contributed by atoms with Crippen molar-refractivity contribution in [2.75, 3.05) is 20.1 Å². The van der Waals surface area contributed by atoms with Gasteiger partial charge in [-0.25, -0.2) is 0 Å². The molecule has 0 radical (unpaired) electrons. The van der Waals surface area contributed by atoms with E-state index in [-0.39, 0.29) is 12.1 Å². The summed E-state index contributed by atoms with van der Waals surface area (Å²) in [6.07, 6.45) is 2.42. The Labute approximate surface area is 163 Å². The topological polar surface area (TPSA) is 66.0 Å². The van der Waals surface area contributed by atoms with Crippen LogP contribution in [0.15, 0.2) is 35.3 Å². The Hall–Kier alpha value is -2.08. The van der Waals surface area contributed by atoms with Crippen molar-refractivity contribution in [3.05, 3.63) is 35.9 Å². The molecule has 1 heterocycles. The van der Waals surface area contributed by atoms with Gasteiger partial charge in [0.1, 0.15) is 0 Å². The van der Waals surface area contributed by atoms with E-state index in [1.807, 2.05) is 13.8 Å². The Kier molecular flexibility index (Phi) is 8.58. The fourth-order valence-corrected chi connectivity index (χ4v) is 3.40. The number of nitrogens with one attached hydrogen (secondary N) is 2. The molecule has 0 amide bonds. The number of guanidine groups is 1. The number of hydrogen-bond donors (Lipinski definition) is 2. The lowest BCUT2D eigenvalue weighted by Gasteiger charge is -2.38. The van der Waals surface area contributed by atoms with Gasteiger partial charge < -0.3 is 15.4 Å². The van der Waals surface area contributed by atoms with Crippen LogP contribution in [0.5, 0.6) is 0 Å². The largest absolute Gasteiger partial charge is 0.463 e. The first-order valence-corrected chi connectivity index (χ1v) is 9.92. The second kappa shape index (κ2) is 10.9. The highest BCUT2D eigenvalue weighted by molar-refractivity contribution is 5.80. The molecule has 2 unspecified atom stereocenters. The van der Waals surface area contributed by atoms with Crippen molar-refractivity contribution in [2.45, 2.75) is 64.8 Å². The maximum atomic E-state index is 11.6. The van der Waals surface area contributed by atoms with Gasteiger partial charge in [0.2, 0.25) is 0 Å². The van der Waals surface area contributed by atoms with Gasteiger partial charge >= 0.3 is 5.97 Å². The van der Waals surface area contributed by atoms with E-state index in [0.717, 1.165) is 31.9 Å². The van der Waals surface area contributed by atoms with Crippen molar-refractivity contribution < 1.29 is 9.53 Å². The second-order valence-electron chi connectivity index (χ2n) is 7.46. The molecule has 1 fully saturated rings. The Balaban J connectivity index is 1.73. The molecular weight excluding hydrogens is 340 g/mol. The molecular formula is C21H34N4O2. The minimum absolute atomic E-state index is 0.0718. The molecule has 27 heavy (non-hydrogen) atoms. The lowest BCUT2D eigenvalue weighted by atomic mass is 9.97. The molecule has 1 aliphatic rings. The summed E-state index contributed by atoms with van der Waals surface area (Å²) in [6.45, 7) is 8.59. The number of likely N-dealkylation sites (tertiary alicyclic amines) is 1. The predicted molar refractivity (Wildman–Crippen MR) is 110 cm³/mol. The fourth-order valence-electron chi connectivity index (χ4n) is 3.40. The Morgan fingerprint density at radius 2 is 2.07 bits per heavy atom. The minimum Gasteiger partial charge on any atom is -0.463 e. The first-order valence-electron chi connectivity index (χ1n) is 9.92. The van der Waals surface area contributed by atoms with Gasteiger partial charge in [-0.15, -0.1) is 0 Å². The predicted octanol–water partition coefficient (Wildman–Crippen LogP) is 2.55. The van der Waals surface area contributed by atoms with Crippen LogP contribution in [0.4, 0.5) is 0 Å². The van der Waals surface area contributed by atoms with Crippen LogP contribution in [-0.2, 0) is 16.1 Å². The van der Waals surface area contributed by atoms with Crippen LogP contribution >= 0.6 is 0 Å². The average Bonchev–Trinajstić information content (AvgIpc) is 2.63. The maximum Gasteiger partial charge on any atom is 0.307 e. The van der Waals surface area contributed by atoms with Gasteiger partial charge in [-0.3, -0.25) is 14.7 Å². The molecule has 2 rings (SSSR count). The maximum absolute atomic E-state index is 11.6. The van der Waals surface area contributed by atoms with E-state index in [1.54, 1.807) is 7.05 Å². The molecule has 0 saturated carbocycles. The highest BCUT2D eigenvalue weighted by Gasteiger charge is 2.25. The standard InChI is InChI=1S/C21H34N4O2/c1-16(2)27-20(26)10-12-23-21(22-4)24-19-11-13-25(17(3)14-19)15-18-8-6-5-7-9-18/h5-9,16-17,19H,10-15H2,1-4H3,(H2,22,23,24). The number of nitrogens with zero attached hydrogens (tertiary/aromatic N) is 2. The summed E-state index contributed by atoms with van der Waals surface area (Å²) in [6, 6.07) is 11.5. The summed E-state index contributed by atoms with van der Waals surface area (Å²) in [5.41, 5.74) is 1.36. The third-order valence-corrected chi connectivity index (χ3v) is 4.80. The van der Waals surface area contributed by atoms with Gasteiger partial charge in [0.25, 0.3) is 0 Å². The molecule has 0 bridgehead atoms. The summed E-state index contributed by atoms with van der Waals surface area (Å²) in [7, 11) is 1.76. The molecule has 1 saturated heterocycles. The smallest absolute Gasteiger partial charge is 0.307 e. The molecule has 2 atom stereocenters. The van der Waals surface area contributed by atoms with Crippen molar-refractivity contribution in [1.82, 2.24) is 15.5 Å². The third-order valence-electron chi connectivity index (χ3n) is 4.80. The lowest BCUT2D eigenvalue weighted by Crippen LogP contribution is -2.51. The first-order chi connectivity index (χ1) is 13.0. The summed E-state index contributed by atoms with van der Waals surface area (Å²) in [5, 5.41) is 6.71. The van der Waals surface area contributed by atoms with Crippen LogP contribution < -0.4 is 10.6 Å². The molecule has 150 valence electrons.